The monoisotopic (exact) mass is 249 g/mol. The molecule has 3 N–H and O–H groups in total. The average Bonchev–Trinajstić information content (AvgIpc) is 2.36. The first-order valence-electron chi connectivity index (χ1n) is 6.34. The molecule has 0 bridgehead atoms. The Morgan fingerprint density at radius 1 is 1.33 bits per heavy atom. The first-order valence-corrected chi connectivity index (χ1v) is 6.34. The van der Waals surface area contributed by atoms with Gasteiger partial charge in [-0.05, 0) is 30.0 Å². The van der Waals surface area contributed by atoms with Crippen molar-refractivity contribution < 1.29 is 4.79 Å². The Hall–Kier alpha value is -1.55. The van der Waals surface area contributed by atoms with Gasteiger partial charge in [-0.3, -0.25) is 0 Å². The summed E-state index contributed by atoms with van der Waals surface area (Å²) in [7, 11) is 1.81. The van der Waals surface area contributed by atoms with Crippen LogP contribution in [0, 0.1) is 5.92 Å². The van der Waals surface area contributed by atoms with Gasteiger partial charge in [0.1, 0.15) is 0 Å². The van der Waals surface area contributed by atoms with Crippen LogP contribution in [0.5, 0.6) is 0 Å². The van der Waals surface area contributed by atoms with Gasteiger partial charge in [-0.15, -0.1) is 0 Å². The molecule has 2 amide bonds. The Kier molecular flexibility index (Phi) is 5.65. The molecule has 4 nitrogen and oxygen atoms in total. The van der Waals surface area contributed by atoms with Crippen LogP contribution in [0.25, 0.3) is 0 Å². The van der Waals surface area contributed by atoms with E-state index in [1.54, 1.807) is 4.90 Å². The zero-order valence-electron chi connectivity index (χ0n) is 11.4. The second-order valence-corrected chi connectivity index (χ2v) is 4.94. The SMILES string of the molecule is CC(C)CCN(C)C(=O)Nc1ccc(CN)cc1. The number of nitrogens with one attached hydrogen (secondary N) is 1. The summed E-state index contributed by atoms with van der Waals surface area (Å²) in [6.45, 7) is 5.58. The number of amides is 2. The van der Waals surface area contributed by atoms with Gasteiger partial charge in [-0.1, -0.05) is 26.0 Å². The van der Waals surface area contributed by atoms with E-state index in [1.807, 2.05) is 31.3 Å². The van der Waals surface area contributed by atoms with E-state index in [0.29, 0.717) is 12.5 Å². The molecule has 0 saturated carbocycles. The van der Waals surface area contributed by atoms with Crippen LogP contribution in [0.2, 0.25) is 0 Å². The summed E-state index contributed by atoms with van der Waals surface area (Å²) in [6.07, 6.45) is 1.01. The van der Waals surface area contributed by atoms with Crippen LogP contribution >= 0.6 is 0 Å². The van der Waals surface area contributed by atoms with Crippen LogP contribution in [0.4, 0.5) is 10.5 Å². The number of benzene rings is 1. The van der Waals surface area contributed by atoms with Crippen LogP contribution in [-0.2, 0) is 6.54 Å². The summed E-state index contributed by atoms with van der Waals surface area (Å²) in [5, 5.41) is 2.86. The van der Waals surface area contributed by atoms with Gasteiger partial charge in [0.2, 0.25) is 0 Å². The number of anilines is 1. The van der Waals surface area contributed by atoms with Crippen molar-refractivity contribution in [1.82, 2.24) is 4.90 Å². The minimum absolute atomic E-state index is 0.0730. The Labute approximate surface area is 109 Å². The summed E-state index contributed by atoms with van der Waals surface area (Å²) >= 11 is 0. The van der Waals surface area contributed by atoms with E-state index >= 15 is 0 Å². The molecule has 0 heterocycles. The highest BCUT2D eigenvalue weighted by Gasteiger charge is 2.08. The third kappa shape index (κ3) is 4.75. The van der Waals surface area contributed by atoms with E-state index < -0.39 is 0 Å². The van der Waals surface area contributed by atoms with E-state index in [-0.39, 0.29) is 6.03 Å². The predicted molar refractivity (Wildman–Crippen MR) is 75.4 cm³/mol. The molecule has 100 valence electrons. The Morgan fingerprint density at radius 2 is 1.94 bits per heavy atom. The topological polar surface area (TPSA) is 58.4 Å². The van der Waals surface area contributed by atoms with Gasteiger partial charge in [-0.25, -0.2) is 4.79 Å². The molecule has 0 fully saturated rings. The quantitative estimate of drug-likeness (QED) is 0.843. The van der Waals surface area contributed by atoms with Crippen molar-refractivity contribution in [2.24, 2.45) is 11.7 Å². The minimum atomic E-state index is -0.0730. The van der Waals surface area contributed by atoms with Crippen molar-refractivity contribution in [3.63, 3.8) is 0 Å². The van der Waals surface area contributed by atoms with Gasteiger partial charge in [0.25, 0.3) is 0 Å². The lowest BCUT2D eigenvalue weighted by Gasteiger charge is -2.19. The Bertz CT molecular complexity index is 373. The maximum Gasteiger partial charge on any atom is 0.321 e. The second kappa shape index (κ2) is 7.01. The Morgan fingerprint density at radius 3 is 2.44 bits per heavy atom. The lowest BCUT2D eigenvalue weighted by atomic mass is 10.1. The van der Waals surface area contributed by atoms with Crippen LogP contribution < -0.4 is 11.1 Å². The van der Waals surface area contributed by atoms with Crippen LogP contribution in [-0.4, -0.2) is 24.5 Å². The molecule has 0 aliphatic heterocycles. The lowest BCUT2D eigenvalue weighted by Crippen LogP contribution is -2.32. The average molecular weight is 249 g/mol. The zero-order valence-corrected chi connectivity index (χ0v) is 11.4. The number of urea groups is 1. The number of nitrogens with two attached hydrogens (primary N) is 1. The van der Waals surface area contributed by atoms with Crippen molar-refractivity contribution >= 4 is 11.7 Å². The van der Waals surface area contributed by atoms with E-state index in [4.69, 9.17) is 5.73 Å². The molecule has 1 aromatic rings. The second-order valence-electron chi connectivity index (χ2n) is 4.94. The molecular formula is C14H23N3O. The number of nitrogens with zero attached hydrogens (tertiary/aromatic N) is 1. The van der Waals surface area contributed by atoms with Crippen LogP contribution in [0.3, 0.4) is 0 Å². The van der Waals surface area contributed by atoms with Crippen LogP contribution in [0.1, 0.15) is 25.8 Å². The molecule has 0 aliphatic rings. The highest BCUT2D eigenvalue weighted by Crippen LogP contribution is 2.10. The first-order chi connectivity index (χ1) is 8.52. The lowest BCUT2D eigenvalue weighted by molar-refractivity contribution is 0.220. The summed E-state index contributed by atoms with van der Waals surface area (Å²) in [5.74, 6) is 0.601. The van der Waals surface area contributed by atoms with E-state index in [2.05, 4.69) is 19.2 Å². The zero-order chi connectivity index (χ0) is 13.5. The first kappa shape index (κ1) is 14.5. The van der Waals surface area contributed by atoms with E-state index in [1.165, 1.54) is 0 Å². The molecule has 4 heteroatoms. The van der Waals surface area contributed by atoms with Crippen molar-refractivity contribution in [2.45, 2.75) is 26.8 Å². The van der Waals surface area contributed by atoms with Crippen molar-refractivity contribution in [3.8, 4) is 0 Å². The molecule has 0 spiro atoms. The van der Waals surface area contributed by atoms with Crippen LogP contribution in [0.15, 0.2) is 24.3 Å². The highest BCUT2D eigenvalue weighted by molar-refractivity contribution is 5.89. The predicted octanol–water partition coefficient (Wildman–Crippen LogP) is 2.66. The summed E-state index contributed by atoms with van der Waals surface area (Å²) in [6, 6.07) is 7.51. The van der Waals surface area contributed by atoms with Gasteiger partial charge in [-0.2, -0.15) is 0 Å². The fraction of sp³-hybridized carbons (Fsp3) is 0.500. The maximum atomic E-state index is 11.9. The maximum absolute atomic E-state index is 11.9. The molecule has 18 heavy (non-hydrogen) atoms. The summed E-state index contributed by atoms with van der Waals surface area (Å²) in [5.41, 5.74) is 7.38. The van der Waals surface area contributed by atoms with Gasteiger partial charge < -0.3 is 16.0 Å². The molecule has 0 atom stereocenters. The third-order valence-electron chi connectivity index (χ3n) is 2.83. The smallest absolute Gasteiger partial charge is 0.321 e. The fourth-order valence-electron chi connectivity index (χ4n) is 1.50. The largest absolute Gasteiger partial charge is 0.328 e. The third-order valence-corrected chi connectivity index (χ3v) is 2.83. The summed E-state index contributed by atoms with van der Waals surface area (Å²) < 4.78 is 0. The molecule has 1 rings (SSSR count). The number of carbonyl (C=O) groups excluding carboxylic acids is 1. The number of rotatable bonds is 5. The standard InChI is InChI=1S/C14H23N3O/c1-11(2)8-9-17(3)14(18)16-13-6-4-12(10-15)5-7-13/h4-7,11H,8-10,15H2,1-3H3,(H,16,18). The summed E-state index contributed by atoms with van der Waals surface area (Å²) in [4.78, 5) is 13.6. The van der Waals surface area contributed by atoms with Crippen molar-refractivity contribution in [3.05, 3.63) is 29.8 Å². The van der Waals surface area contributed by atoms with E-state index in [0.717, 1.165) is 24.2 Å². The number of hydrogen-bond donors (Lipinski definition) is 2. The molecule has 0 unspecified atom stereocenters. The molecule has 0 radical (unpaired) electrons. The number of carbonyl (C=O) groups is 1. The normalized spacial score (nSPS) is 10.5. The Balaban J connectivity index is 2.47. The molecular weight excluding hydrogens is 226 g/mol. The van der Waals surface area contributed by atoms with Crippen molar-refractivity contribution in [2.75, 3.05) is 18.9 Å². The highest BCUT2D eigenvalue weighted by atomic mass is 16.2. The van der Waals surface area contributed by atoms with E-state index in [9.17, 15) is 4.79 Å². The molecule has 1 aromatic carbocycles. The van der Waals surface area contributed by atoms with Gasteiger partial charge in [0, 0.05) is 25.8 Å². The fourth-order valence-corrected chi connectivity index (χ4v) is 1.50. The minimum Gasteiger partial charge on any atom is -0.328 e. The van der Waals surface area contributed by atoms with Gasteiger partial charge in [0.05, 0.1) is 0 Å². The molecule has 0 saturated heterocycles. The molecule has 0 aliphatic carbocycles. The molecule has 0 aromatic heterocycles. The van der Waals surface area contributed by atoms with Crippen molar-refractivity contribution in [1.29, 1.82) is 0 Å². The van der Waals surface area contributed by atoms with Gasteiger partial charge >= 0.3 is 6.03 Å². The number of hydrogen-bond acceptors (Lipinski definition) is 2. The van der Waals surface area contributed by atoms with Gasteiger partial charge in [0.15, 0.2) is 0 Å².